The van der Waals surface area contributed by atoms with Crippen molar-refractivity contribution < 1.29 is 14.5 Å². The number of amides is 1. The van der Waals surface area contributed by atoms with Crippen LogP contribution in [-0.2, 0) is 9.53 Å². The number of rotatable bonds is 1. The topological polar surface area (TPSA) is 81.5 Å². The summed E-state index contributed by atoms with van der Waals surface area (Å²) in [5, 5.41) is 13.1. The second kappa shape index (κ2) is 3.58. The Kier molecular flexibility index (Phi) is 2.39. The predicted molar refractivity (Wildman–Crippen MR) is 53.0 cm³/mol. The van der Waals surface area contributed by atoms with Crippen LogP contribution in [0.25, 0.3) is 0 Å². The number of nitrogens with zero attached hydrogens (tertiary/aromatic N) is 1. The number of nitro groups is 1. The van der Waals surface area contributed by atoms with E-state index in [2.05, 4.69) is 5.32 Å². The zero-order valence-electron chi connectivity index (χ0n) is 7.85. The average molecular weight is 228 g/mol. The van der Waals surface area contributed by atoms with Crippen molar-refractivity contribution in [1.82, 2.24) is 5.32 Å². The Balaban J connectivity index is 2.18. The standard InChI is InChI=1S/C8H8N2O4S/c1-4-9-8(11)7(14-4)5-2-3-6(15-5)10(12)13/h3-4H,2H2,1H3,(H,9,11). The van der Waals surface area contributed by atoms with Crippen molar-refractivity contribution in [3.63, 3.8) is 0 Å². The van der Waals surface area contributed by atoms with Crippen molar-refractivity contribution in [2.45, 2.75) is 19.6 Å². The van der Waals surface area contributed by atoms with E-state index in [0.717, 1.165) is 11.8 Å². The van der Waals surface area contributed by atoms with E-state index in [0.29, 0.717) is 11.3 Å². The van der Waals surface area contributed by atoms with Crippen LogP contribution in [-0.4, -0.2) is 17.1 Å². The summed E-state index contributed by atoms with van der Waals surface area (Å²) in [7, 11) is 0. The molecule has 0 radical (unpaired) electrons. The van der Waals surface area contributed by atoms with Crippen molar-refractivity contribution in [3.8, 4) is 0 Å². The summed E-state index contributed by atoms with van der Waals surface area (Å²) in [6.45, 7) is 1.70. The molecule has 0 bridgehead atoms. The van der Waals surface area contributed by atoms with Gasteiger partial charge in [0, 0.05) is 17.4 Å². The minimum Gasteiger partial charge on any atom is -0.464 e. The summed E-state index contributed by atoms with van der Waals surface area (Å²) in [6, 6.07) is 0. The van der Waals surface area contributed by atoms with Crippen molar-refractivity contribution in [2.75, 3.05) is 0 Å². The zero-order valence-corrected chi connectivity index (χ0v) is 8.67. The molecule has 7 heteroatoms. The summed E-state index contributed by atoms with van der Waals surface area (Å²) in [5.74, 6) is -0.0939. The van der Waals surface area contributed by atoms with E-state index in [-0.39, 0.29) is 22.9 Å². The molecule has 1 amide bonds. The molecule has 0 aromatic rings. The molecule has 2 aliphatic heterocycles. The van der Waals surface area contributed by atoms with Gasteiger partial charge in [-0.2, -0.15) is 0 Å². The average Bonchev–Trinajstić information content (AvgIpc) is 2.71. The fourth-order valence-electron chi connectivity index (χ4n) is 1.34. The molecule has 2 aliphatic rings. The molecule has 1 atom stereocenters. The largest absolute Gasteiger partial charge is 0.464 e. The Morgan fingerprint density at radius 3 is 2.93 bits per heavy atom. The first kappa shape index (κ1) is 10.0. The highest BCUT2D eigenvalue weighted by atomic mass is 32.2. The van der Waals surface area contributed by atoms with E-state index < -0.39 is 4.92 Å². The predicted octanol–water partition coefficient (Wildman–Crippen LogP) is 0.945. The lowest BCUT2D eigenvalue weighted by Crippen LogP contribution is -2.22. The summed E-state index contributed by atoms with van der Waals surface area (Å²) >= 11 is 0.978. The SMILES string of the molecule is CC1NC(=O)C(=C2CC=C([N+](=O)[O-])S2)O1. The highest BCUT2D eigenvalue weighted by molar-refractivity contribution is 8.06. The number of ether oxygens (including phenoxy) is 1. The lowest BCUT2D eigenvalue weighted by atomic mass is 10.3. The molecule has 15 heavy (non-hydrogen) atoms. The summed E-state index contributed by atoms with van der Waals surface area (Å²) in [5.41, 5.74) is 0. The first-order chi connectivity index (χ1) is 7.08. The Labute approximate surface area is 89.5 Å². The third-order valence-corrected chi connectivity index (χ3v) is 3.08. The molecule has 0 spiro atoms. The van der Waals surface area contributed by atoms with Gasteiger partial charge in [0.25, 0.3) is 5.91 Å². The van der Waals surface area contributed by atoms with E-state index >= 15 is 0 Å². The van der Waals surface area contributed by atoms with Crippen molar-refractivity contribution >= 4 is 17.7 Å². The third-order valence-electron chi connectivity index (χ3n) is 1.96. The maximum atomic E-state index is 11.3. The molecule has 0 aromatic carbocycles. The van der Waals surface area contributed by atoms with Crippen LogP contribution in [0, 0.1) is 10.1 Å². The molecule has 0 aliphatic carbocycles. The number of thioether (sulfide) groups is 1. The van der Waals surface area contributed by atoms with Crippen molar-refractivity contribution in [3.05, 3.63) is 31.9 Å². The van der Waals surface area contributed by atoms with Gasteiger partial charge in [0.1, 0.15) is 0 Å². The Hall–Kier alpha value is -1.50. The van der Waals surface area contributed by atoms with Gasteiger partial charge in [-0.25, -0.2) is 0 Å². The van der Waals surface area contributed by atoms with Gasteiger partial charge in [-0.1, -0.05) is 0 Å². The Morgan fingerprint density at radius 1 is 1.73 bits per heavy atom. The second-order valence-electron chi connectivity index (χ2n) is 3.09. The fourth-order valence-corrected chi connectivity index (χ4v) is 2.24. The zero-order chi connectivity index (χ0) is 11.0. The normalized spacial score (nSPS) is 29.8. The maximum Gasteiger partial charge on any atom is 0.304 e. The summed E-state index contributed by atoms with van der Waals surface area (Å²) in [4.78, 5) is 21.9. The summed E-state index contributed by atoms with van der Waals surface area (Å²) < 4.78 is 5.23. The monoisotopic (exact) mass is 228 g/mol. The lowest BCUT2D eigenvalue weighted by Gasteiger charge is -2.02. The van der Waals surface area contributed by atoms with Crippen molar-refractivity contribution in [2.24, 2.45) is 0 Å². The van der Waals surface area contributed by atoms with Crippen LogP contribution in [0.4, 0.5) is 0 Å². The van der Waals surface area contributed by atoms with Gasteiger partial charge in [0.05, 0.1) is 4.92 Å². The molecule has 0 saturated carbocycles. The molecule has 1 unspecified atom stereocenters. The van der Waals surface area contributed by atoms with Crippen molar-refractivity contribution in [1.29, 1.82) is 0 Å². The number of hydrogen-bond donors (Lipinski definition) is 1. The molecule has 6 nitrogen and oxygen atoms in total. The van der Waals surface area contributed by atoms with Gasteiger partial charge >= 0.3 is 5.03 Å². The highest BCUT2D eigenvalue weighted by Crippen LogP contribution is 2.39. The highest BCUT2D eigenvalue weighted by Gasteiger charge is 2.32. The minimum atomic E-state index is -0.464. The first-order valence-corrected chi connectivity index (χ1v) is 5.12. The maximum absolute atomic E-state index is 11.3. The molecule has 2 heterocycles. The minimum absolute atomic E-state index is 0.0495. The molecule has 2 rings (SSSR count). The Morgan fingerprint density at radius 2 is 2.47 bits per heavy atom. The van der Waals surface area contributed by atoms with Gasteiger partial charge in [-0.15, -0.1) is 0 Å². The van der Waals surface area contributed by atoms with Crippen LogP contribution < -0.4 is 5.32 Å². The second-order valence-corrected chi connectivity index (χ2v) is 4.21. The first-order valence-electron chi connectivity index (χ1n) is 4.31. The molecule has 1 N–H and O–H groups in total. The fraction of sp³-hybridized carbons (Fsp3) is 0.375. The van der Waals surface area contributed by atoms with E-state index in [1.54, 1.807) is 6.92 Å². The number of allylic oxidation sites excluding steroid dienone is 2. The smallest absolute Gasteiger partial charge is 0.304 e. The number of carbonyl (C=O) groups excluding carboxylic acids is 1. The lowest BCUT2D eigenvalue weighted by molar-refractivity contribution is -0.410. The third kappa shape index (κ3) is 1.82. The van der Waals surface area contributed by atoms with Gasteiger partial charge in [-0.05, 0) is 18.7 Å². The summed E-state index contributed by atoms with van der Waals surface area (Å²) in [6.07, 6.45) is 1.50. The molecular formula is C8H8N2O4S. The van der Waals surface area contributed by atoms with Gasteiger partial charge in [-0.3, -0.25) is 14.9 Å². The molecule has 0 aromatic heterocycles. The van der Waals surface area contributed by atoms with Crippen LogP contribution in [0.5, 0.6) is 0 Å². The van der Waals surface area contributed by atoms with E-state index in [1.807, 2.05) is 0 Å². The van der Waals surface area contributed by atoms with E-state index in [4.69, 9.17) is 4.74 Å². The van der Waals surface area contributed by atoms with E-state index in [9.17, 15) is 14.9 Å². The van der Waals surface area contributed by atoms with Crippen LogP contribution >= 0.6 is 11.8 Å². The van der Waals surface area contributed by atoms with Gasteiger partial charge in [0.2, 0.25) is 0 Å². The number of hydrogen-bond acceptors (Lipinski definition) is 5. The quantitative estimate of drug-likeness (QED) is 0.410. The molecule has 80 valence electrons. The van der Waals surface area contributed by atoms with Crippen LogP contribution in [0.3, 0.4) is 0 Å². The van der Waals surface area contributed by atoms with Gasteiger partial charge in [0.15, 0.2) is 12.0 Å². The Bertz CT molecular complexity index is 401. The van der Waals surface area contributed by atoms with Crippen LogP contribution in [0.1, 0.15) is 13.3 Å². The molecular weight excluding hydrogens is 220 g/mol. The molecule has 1 saturated heterocycles. The van der Waals surface area contributed by atoms with Crippen LogP contribution in [0.15, 0.2) is 21.8 Å². The van der Waals surface area contributed by atoms with Crippen LogP contribution in [0.2, 0.25) is 0 Å². The van der Waals surface area contributed by atoms with Gasteiger partial charge < -0.3 is 10.1 Å². The number of carbonyl (C=O) groups is 1. The molecule has 1 fully saturated rings. The van der Waals surface area contributed by atoms with E-state index in [1.165, 1.54) is 6.08 Å². The number of nitrogens with one attached hydrogen (secondary N) is 1.